The molecule has 3 heteroatoms. The second-order valence-electron chi connectivity index (χ2n) is 8.31. The molecule has 0 amide bonds. The van der Waals surface area contributed by atoms with E-state index in [1.807, 2.05) is 33.8 Å². The minimum atomic E-state index is -0.619. The third-order valence-electron chi connectivity index (χ3n) is 4.61. The molecule has 0 heterocycles. The molecule has 0 aromatic heterocycles. The Labute approximate surface area is 148 Å². The number of aryl methyl sites for hydroxylation is 1. The Balaban J connectivity index is 2.88. The highest BCUT2D eigenvalue weighted by Gasteiger charge is 2.30. The number of hydrogen-bond donors (Lipinski definition) is 3. The fraction of sp³-hybridized carbons (Fsp3) is 0.714. The van der Waals surface area contributed by atoms with Crippen LogP contribution < -0.4 is 11.5 Å². The Bertz CT molecular complexity index is 510. The molecule has 0 aliphatic carbocycles. The SMILES string of the molecule is CCCCCCCCCc1ccc(O)c(C(C)(C)N)c1C(C)(C)N. The van der Waals surface area contributed by atoms with Crippen molar-refractivity contribution >= 4 is 0 Å². The van der Waals surface area contributed by atoms with E-state index in [0.717, 1.165) is 24.0 Å². The van der Waals surface area contributed by atoms with Crippen molar-refractivity contribution in [1.29, 1.82) is 0 Å². The number of benzene rings is 1. The van der Waals surface area contributed by atoms with Crippen molar-refractivity contribution in [2.24, 2.45) is 11.5 Å². The molecule has 138 valence electrons. The molecule has 3 nitrogen and oxygen atoms in total. The van der Waals surface area contributed by atoms with Gasteiger partial charge in [-0.3, -0.25) is 0 Å². The van der Waals surface area contributed by atoms with Gasteiger partial charge in [-0.15, -0.1) is 0 Å². The summed E-state index contributed by atoms with van der Waals surface area (Å²) in [6.07, 6.45) is 10.0. The summed E-state index contributed by atoms with van der Waals surface area (Å²) < 4.78 is 0. The molecule has 1 aromatic carbocycles. The van der Waals surface area contributed by atoms with Crippen LogP contribution in [0.15, 0.2) is 12.1 Å². The summed E-state index contributed by atoms with van der Waals surface area (Å²) in [5.74, 6) is 0.249. The van der Waals surface area contributed by atoms with Crippen LogP contribution in [0.1, 0.15) is 96.3 Å². The van der Waals surface area contributed by atoms with Crippen LogP contribution in [0.2, 0.25) is 0 Å². The molecule has 0 spiro atoms. The quantitative estimate of drug-likeness (QED) is 0.523. The molecule has 0 bridgehead atoms. The van der Waals surface area contributed by atoms with Gasteiger partial charge in [0.25, 0.3) is 0 Å². The van der Waals surface area contributed by atoms with Gasteiger partial charge in [-0.1, -0.05) is 51.5 Å². The van der Waals surface area contributed by atoms with Gasteiger partial charge in [0.15, 0.2) is 0 Å². The average molecular weight is 335 g/mol. The normalized spacial score (nSPS) is 12.6. The van der Waals surface area contributed by atoms with Gasteiger partial charge >= 0.3 is 0 Å². The lowest BCUT2D eigenvalue weighted by Gasteiger charge is -2.32. The maximum absolute atomic E-state index is 10.4. The Hall–Kier alpha value is -1.06. The summed E-state index contributed by atoms with van der Waals surface area (Å²) >= 11 is 0. The highest BCUT2D eigenvalue weighted by atomic mass is 16.3. The third-order valence-corrected chi connectivity index (χ3v) is 4.61. The zero-order valence-electron chi connectivity index (χ0n) is 16.4. The van der Waals surface area contributed by atoms with E-state index >= 15 is 0 Å². The van der Waals surface area contributed by atoms with Crippen LogP contribution in [0.4, 0.5) is 0 Å². The van der Waals surface area contributed by atoms with Crippen molar-refractivity contribution in [1.82, 2.24) is 0 Å². The molecule has 0 fully saturated rings. The number of rotatable bonds is 10. The zero-order chi connectivity index (χ0) is 18.4. The molecule has 0 saturated carbocycles. The minimum absolute atomic E-state index is 0.249. The number of phenols is 1. The molecule has 0 unspecified atom stereocenters. The number of hydrogen-bond acceptors (Lipinski definition) is 3. The summed E-state index contributed by atoms with van der Waals surface area (Å²) in [6, 6.07) is 3.79. The Kier molecular flexibility index (Phi) is 7.75. The highest BCUT2D eigenvalue weighted by molar-refractivity contribution is 5.51. The molecule has 0 saturated heterocycles. The standard InChI is InChI=1S/C21H38N2O/c1-6-7-8-9-10-11-12-13-16-14-15-17(24)19(21(4,5)23)18(16)20(2,3)22/h14-15,24H,6-13,22-23H2,1-5H3. The van der Waals surface area contributed by atoms with Gasteiger partial charge in [0, 0.05) is 16.6 Å². The topological polar surface area (TPSA) is 72.3 Å². The second kappa shape index (κ2) is 8.87. The average Bonchev–Trinajstić information content (AvgIpc) is 2.45. The molecule has 1 rings (SSSR count). The monoisotopic (exact) mass is 334 g/mol. The molecule has 24 heavy (non-hydrogen) atoms. The van der Waals surface area contributed by atoms with Gasteiger partial charge in [-0.25, -0.2) is 0 Å². The highest BCUT2D eigenvalue weighted by Crippen LogP contribution is 2.38. The molecular formula is C21H38N2O. The lowest BCUT2D eigenvalue weighted by Crippen LogP contribution is -2.38. The number of unbranched alkanes of at least 4 members (excludes halogenated alkanes) is 6. The van der Waals surface area contributed by atoms with Gasteiger partial charge in [-0.05, 0) is 57.7 Å². The van der Waals surface area contributed by atoms with Crippen molar-refractivity contribution in [3.05, 3.63) is 28.8 Å². The Morgan fingerprint density at radius 2 is 1.29 bits per heavy atom. The van der Waals surface area contributed by atoms with Crippen molar-refractivity contribution in [3.8, 4) is 5.75 Å². The van der Waals surface area contributed by atoms with E-state index < -0.39 is 11.1 Å². The first-order chi connectivity index (χ1) is 11.1. The number of nitrogens with two attached hydrogens (primary N) is 2. The second-order valence-corrected chi connectivity index (χ2v) is 8.31. The van der Waals surface area contributed by atoms with Gasteiger partial charge in [0.05, 0.1) is 0 Å². The van der Waals surface area contributed by atoms with E-state index in [2.05, 4.69) is 6.92 Å². The summed E-state index contributed by atoms with van der Waals surface area (Å²) in [5.41, 5.74) is 14.7. The van der Waals surface area contributed by atoms with Gasteiger partial charge < -0.3 is 16.6 Å². The predicted molar refractivity (Wildman–Crippen MR) is 104 cm³/mol. The Morgan fingerprint density at radius 3 is 1.79 bits per heavy atom. The first-order valence-electron chi connectivity index (χ1n) is 9.52. The van der Waals surface area contributed by atoms with Gasteiger partial charge in [-0.2, -0.15) is 0 Å². The molecule has 0 aliphatic rings. The van der Waals surface area contributed by atoms with Crippen molar-refractivity contribution in [3.63, 3.8) is 0 Å². The van der Waals surface area contributed by atoms with Crippen LogP contribution >= 0.6 is 0 Å². The van der Waals surface area contributed by atoms with E-state index in [1.165, 1.54) is 44.1 Å². The van der Waals surface area contributed by atoms with Crippen LogP contribution in [-0.2, 0) is 17.5 Å². The van der Waals surface area contributed by atoms with Gasteiger partial charge in [0.1, 0.15) is 5.75 Å². The van der Waals surface area contributed by atoms with E-state index in [-0.39, 0.29) is 5.75 Å². The smallest absolute Gasteiger partial charge is 0.120 e. The van der Waals surface area contributed by atoms with Crippen molar-refractivity contribution in [2.45, 2.75) is 97.1 Å². The predicted octanol–water partition coefficient (Wildman–Crippen LogP) is 5.07. The van der Waals surface area contributed by atoms with E-state index in [9.17, 15) is 5.11 Å². The van der Waals surface area contributed by atoms with Crippen LogP contribution in [0.5, 0.6) is 5.75 Å². The first kappa shape index (κ1) is 21.0. The zero-order valence-corrected chi connectivity index (χ0v) is 16.4. The summed E-state index contributed by atoms with van der Waals surface area (Å²) in [6.45, 7) is 10.1. The van der Waals surface area contributed by atoms with E-state index in [1.54, 1.807) is 6.07 Å². The fourth-order valence-corrected chi connectivity index (χ4v) is 3.50. The summed E-state index contributed by atoms with van der Waals surface area (Å²) in [5, 5.41) is 10.4. The molecule has 0 radical (unpaired) electrons. The van der Waals surface area contributed by atoms with Crippen LogP contribution in [0, 0.1) is 0 Å². The lowest BCUT2D eigenvalue weighted by molar-refractivity contribution is 0.423. The number of phenolic OH excluding ortho intramolecular Hbond substituents is 1. The molecule has 0 aliphatic heterocycles. The van der Waals surface area contributed by atoms with E-state index in [0.29, 0.717) is 0 Å². The summed E-state index contributed by atoms with van der Waals surface area (Å²) in [4.78, 5) is 0. The largest absolute Gasteiger partial charge is 0.508 e. The maximum atomic E-state index is 10.4. The molecule has 0 atom stereocenters. The maximum Gasteiger partial charge on any atom is 0.120 e. The number of aromatic hydroxyl groups is 1. The van der Waals surface area contributed by atoms with Crippen LogP contribution in [0.3, 0.4) is 0 Å². The van der Waals surface area contributed by atoms with Crippen molar-refractivity contribution in [2.75, 3.05) is 0 Å². The van der Waals surface area contributed by atoms with Crippen LogP contribution in [0.25, 0.3) is 0 Å². The first-order valence-corrected chi connectivity index (χ1v) is 9.52. The van der Waals surface area contributed by atoms with Crippen molar-refractivity contribution < 1.29 is 5.11 Å². The molecule has 5 N–H and O–H groups in total. The van der Waals surface area contributed by atoms with E-state index in [4.69, 9.17) is 11.5 Å². The fourth-order valence-electron chi connectivity index (χ4n) is 3.50. The Morgan fingerprint density at radius 1 is 0.792 bits per heavy atom. The van der Waals surface area contributed by atoms with Gasteiger partial charge in [0.2, 0.25) is 0 Å². The lowest BCUT2D eigenvalue weighted by atomic mass is 9.78. The minimum Gasteiger partial charge on any atom is -0.508 e. The summed E-state index contributed by atoms with van der Waals surface area (Å²) in [7, 11) is 0. The molecule has 1 aromatic rings. The third kappa shape index (κ3) is 6.10. The van der Waals surface area contributed by atoms with Crippen LogP contribution in [-0.4, -0.2) is 5.11 Å². The molecular weight excluding hydrogens is 296 g/mol.